The van der Waals surface area contributed by atoms with Gasteiger partial charge in [0.15, 0.2) is 0 Å². The highest BCUT2D eigenvalue weighted by Gasteiger charge is 2.49. The number of hydrogen-bond acceptors (Lipinski definition) is 2. The van der Waals surface area contributed by atoms with Crippen molar-refractivity contribution >= 4 is 57.2 Å². The van der Waals surface area contributed by atoms with E-state index in [0.29, 0.717) is 0 Å². The Morgan fingerprint density at radius 1 is 0.409 bits per heavy atom. The number of fused-ring (bicyclic) bond motifs is 7. The zero-order valence-electron chi connectivity index (χ0n) is 44.9. The molecule has 0 amide bonds. The molecule has 5 aromatic carbocycles. The standard InChI is InChI=1S/C63H81BN2/c1-37-29-42-45(63(19,20)36-62(42,17)18)34-50(37)66-51-35-44-43(59(11,12)25-26-60(44,13)14)33-47(51)64-46-30-39(56(3,4)5)21-23-49(46)65(52-31-40(57(6,7)8)32-53(66)55(52)64)48-24-22-41-54(38(48)2)61(15,16)28-27-58(41,9)10/h21-24,29-35H,25-28,36H2,1-20H3. The molecular weight excluding hydrogens is 796 g/mol. The number of hydrogen-bond donors (Lipinski definition) is 0. The van der Waals surface area contributed by atoms with Crippen LogP contribution >= 0.6 is 0 Å². The SMILES string of the molecule is Cc1cc2c(cc1N1c3cc4c(cc3B3c5cc(C(C)(C)C)ccc5N(c5ccc6c(c5C)C(C)(C)CCC6(C)C)c5cc(C(C)(C)C)cc1c53)C(C)(C)CCC4(C)C)C(C)(C)CC2(C)C. The number of benzene rings is 5. The van der Waals surface area contributed by atoms with Gasteiger partial charge in [0.05, 0.1) is 0 Å². The molecule has 0 atom stereocenters. The van der Waals surface area contributed by atoms with E-state index >= 15 is 0 Å². The lowest BCUT2D eigenvalue weighted by Gasteiger charge is -2.49. The highest BCUT2D eigenvalue weighted by Crippen LogP contribution is 2.56. The molecule has 66 heavy (non-hydrogen) atoms. The first-order valence-electron chi connectivity index (χ1n) is 25.7. The Labute approximate surface area is 401 Å². The zero-order valence-corrected chi connectivity index (χ0v) is 44.9. The minimum Gasteiger partial charge on any atom is -0.311 e. The number of nitrogens with zero attached hydrogens (tertiary/aromatic N) is 2. The van der Waals surface area contributed by atoms with Crippen LogP contribution in [0.25, 0.3) is 0 Å². The first kappa shape index (κ1) is 45.5. The van der Waals surface area contributed by atoms with Crippen molar-refractivity contribution in [2.45, 2.75) is 214 Å². The van der Waals surface area contributed by atoms with Crippen molar-refractivity contribution in [2.75, 3.05) is 9.80 Å². The van der Waals surface area contributed by atoms with Gasteiger partial charge in [-0.2, -0.15) is 0 Å². The topological polar surface area (TPSA) is 6.48 Å². The number of rotatable bonds is 2. The van der Waals surface area contributed by atoms with E-state index < -0.39 is 0 Å². The van der Waals surface area contributed by atoms with Crippen LogP contribution in [0.15, 0.2) is 66.7 Å². The van der Waals surface area contributed by atoms with E-state index in [9.17, 15) is 0 Å². The molecule has 0 fully saturated rings. The van der Waals surface area contributed by atoms with E-state index in [4.69, 9.17) is 0 Å². The molecule has 0 unspecified atom stereocenters. The van der Waals surface area contributed by atoms with Crippen LogP contribution in [0.1, 0.15) is 212 Å². The van der Waals surface area contributed by atoms with Gasteiger partial charge in [0.25, 0.3) is 6.71 Å². The van der Waals surface area contributed by atoms with Crippen molar-refractivity contribution in [1.82, 2.24) is 0 Å². The number of aryl methyl sites for hydroxylation is 1. The van der Waals surface area contributed by atoms with E-state index in [1.807, 2.05) is 0 Å². The predicted octanol–water partition coefficient (Wildman–Crippen LogP) is 15.6. The van der Waals surface area contributed by atoms with Gasteiger partial charge in [0.2, 0.25) is 0 Å². The maximum absolute atomic E-state index is 2.77. The molecule has 5 aliphatic rings. The van der Waals surface area contributed by atoms with Crippen LogP contribution in [0.4, 0.5) is 34.1 Å². The Bertz CT molecular complexity index is 2900. The van der Waals surface area contributed by atoms with Crippen molar-refractivity contribution in [3.05, 3.63) is 122 Å². The number of anilines is 6. The lowest BCUT2D eigenvalue weighted by atomic mass is 9.32. The second-order valence-electron chi connectivity index (χ2n) is 28.1. The summed E-state index contributed by atoms with van der Waals surface area (Å²) in [4.78, 5) is 5.51. The van der Waals surface area contributed by atoms with Gasteiger partial charge >= 0.3 is 0 Å². The van der Waals surface area contributed by atoms with Crippen LogP contribution in [-0.2, 0) is 43.3 Å². The maximum Gasteiger partial charge on any atom is 0.252 e. The Morgan fingerprint density at radius 2 is 0.864 bits per heavy atom. The summed E-state index contributed by atoms with van der Waals surface area (Å²) in [5, 5.41) is 0. The molecule has 0 saturated carbocycles. The van der Waals surface area contributed by atoms with E-state index in [0.717, 1.165) is 6.42 Å². The molecular formula is C63H81BN2. The Morgan fingerprint density at radius 3 is 1.44 bits per heavy atom. The molecule has 0 N–H and O–H groups in total. The summed E-state index contributed by atoms with van der Waals surface area (Å²) in [6, 6.07) is 28.4. The Kier molecular flexibility index (Phi) is 9.47. The molecule has 0 saturated heterocycles. The fraction of sp³-hybridized carbons (Fsp3) is 0.524. The van der Waals surface area contributed by atoms with E-state index in [2.05, 4.69) is 215 Å². The molecule has 10 rings (SSSR count). The molecule has 2 heterocycles. The maximum atomic E-state index is 2.77. The van der Waals surface area contributed by atoms with Crippen LogP contribution in [0.2, 0.25) is 0 Å². The third kappa shape index (κ3) is 6.53. The molecule has 2 aliphatic heterocycles. The third-order valence-corrected chi connectivity index (χ3v) is 18.1. The second kappa shape index (κ2) is 13.7. The first-order valence-corrected chi connectivity index (χ1v) is 25.7. The van der Waals surface area contributed by atoms with Gasteiger partial charge in [-0.25, -0.2) is 0 Å². The minimum atomic E-state index is -0.0905. The second-order valence-corrected chi connectivity index (χ2v) is 28.1. The largest absolute Gasteiger partial charge is 0.311 e. The quantitative estimate of drug-likeness (QED) is 0.160. The molecule has 3 heteroatoms. The van der Waals surface area contributed by atoms with Crippen LogP contribution in [0.5, 0.6) is 0 Å². The van der Waals surface area contributed by atoms with Gasteiger partial charge in [-0.15, -0.1) is 0 Å². The Balaban J connectivity index is 1.38. The van der Waals surface area contributed by atoms with Crippen molar-refractivity contribution in [1.29, 1.82) is 0 Å². The third-order valence-electron chi connectivity index (χ3n) is 18.1. The predicted molar refractivity (Wildman–Crippen MR) is 289 cm³/mol. The van der Waals surface area contributed by atoms with Gasteiger partial charge in [0.1, 0.15) is 0 Å². The van der Waals surface area contributed by atoms with E-state index in [1.165, 1.54) is 126 Å². The lowest BCUT2D eigenvalue weighted by molar-refractivity contribution is 0.330. The summed E-state index contributed by atoms with van der Waals surface area (Å²) in [6.45, 7) is 49.1. The van der Waals surface area contributed by atoms with E-state index in [1.54, 1.807) is 5.56 Å². The minimum absolute atomic E-state index is 0.0100. The highest BCUT2D eigenvalue weighted by atomic mass is 15.2. The summed E-state index contributed by atoms with van der Waals surface area (Å²) in [5.41, 5.74) is 27.5. The van der Waals surface area contributed by atoms with Crippen molar-refractivity contribution < 1.29 is 0 Å². The first-order chi connectivity index (χ1) is 30.3. The normalized spacial score (nSPS) is 21.1. The fourth-order valence-corrected chi connectivity index (χ4v) is 14.1. The van der Waals surface area contributed by atoms with Crippen LogP contribution in [0.3, 0.4) is 0 Å². The summed E-state index contributed by atoms with van der Waals surface area (Å²) in [7, 11) is 0. The summed E-state index contributed by atoms with van der Waals surface area (Å²) >= 11 is 0. The fourth-order valence-electron chi connectivity index (χ4n) is 14.1. The van der Waals surface area contributed by atoms with Gasteiger partial charge in [-0.3, -0.25) is 0 Å². The average molecular weight is 877 g/mol. The van der Waals surface area contributed by atoms with Crippen molar-refractivity contribution in [3.63, 3.8) is 0 Å². The van der Waals surface area contributed by atoms with E-state index in [-0.39, 0.29) is 50.0 Å². The van der Waals surface area contributed by atoms with Crippen molar-refractivity contribution in [3.8, 4) is 0 Å². The van der Waals surface area contributed by atoms with Gasteiger partial charge in [-0.1, -0.05) is 155 Å². The monoisotopic (exact) mass is 877 g/mol. The summed E-state index contributed by atoms with van der Waals surface area (Å²) in [5.74, 6) is 0. The molecule has 3 aliphatic carbocycles. The molecule has 0 aromatic heterocycles. The van der Waals surface area contributed by atoms with Gasteiger partial charge in [-0.05, 0) is 198 Å². The average Bonchev–Trinajstić information content (AvgIpc) is 3.38. The molecule has 0 radical (unpaired) electrons. The summed E-state index contributed by atoms with van der Waals surface area (Å²) in [6.07, 6.45) is 5.93. The lowest BCUT2D eigenvalue weighted by Crippen LogP contribution is -2.62. The summed E-state index contributed by atoms with van der Waals surface area (Å²) < 4.78 is 0. The smallest absolute Gasteiger partial charge is 0.252 e. The van der Waals surface area contributed by atoms with Gasteiger partial charge in [0, 0.05) is 34.1 Å². The molecule has 5 aromatic rings. The van der Waals surface area contributed by atoms with Crippen molar-refractivity contribution in [2.24, 2.45) is 0 Å². The zero-order chi connectivity index (χ0) is 48.0. The molecule has 0 spiro atoms. The van der Waals surface area contributed by atoms with Crippen LogP contribution in [0, 0.1) is 13.8 Å². The molecule has 346 valence electrons. The van der Waals surface area contributed by atoms with Crippen LogP contribution in [-0.4, -0.2) is 6.71 Å². The highest BCUT2D eigenvalue weighted by molar-refractivity contribution is 7.00. The Hall–Kier alpha value is -4.24. The molecule has 2 nitrogen and oxygen atoms in total. The van der Waals surface area contributed by atoms with Gasteiger partial charge < -0.3 is 9.80 Å². The molecule has 0 bridgehead atoms. The van der Waals surface area contributed by atoms with Crippen LogP contribution < -0.4 is 26.2 Å².